The highest BCUT2D eigenvalue weighted by Crippen LogP contribution is 2.51. The molecule has 2 aromatic heterocycles. The van der Waals surface area contributed by atoms with Crippen LogP contribution in [-0.4, -0.2) is 64.0 Å². The van der Waals surface area contributed by atoms with Crippen molar-refractivity contribution >= 4 is 7.82 Å². The standard InChI is InChI=1S/C19H23FN7O11P/c1-7-5-26(17(31)22-15(7)29)11-3-9(24-25-21)13(36-11)19(2,38-39(33,34)35)14-10(28)4-12(37-14)27-6-8(20)16(30)23-18(27)32/h5-6,9-14,28H,3-4H2,1-2H3,(H,22,29,31)(H,23,30,32)(H2,33,34,35). The number of rotatable bonds is 7. The first-order valence-electron chi connectivity index (χ1n) is 11.3. The second-order valence-corrected chi connectivity index (χ2v) is 10.4. The Bertz CT molecular complexity index is 1610. The maximum atomic E-state index is 13.9. The van der Waals surface area contributed by atoms with Gasteiger partial charge in [0.25, 0.3) is 11.1 Å². The van der Waals surface area contributed by atoms with Gasteiger partial charge in [0.15, 0.2) is 0 Å². The molecule has 0 bridgehead atoms. The Labute approximate surface area is 215 Å². The van der Waals surface area contributed by atoms with E-state index in [-0.39, 0.29) is 12.0 Å². The zero-order valence-corrected chi connectivity index (χ0v) is 21.1. The SMILES string of the molecule is Cc1cn(C2CC(N=[N+]=[N-])C(C(C)(OP(=O)(O)O)C3OC(n4cc(F)c(=O)[nH]c4=O)CC3O)O2)c(=O)[nH]c1=O. The largest absolute Gasteiger partial charge is 0.470 e. The van der Waals surface area contributed by atoms with E-state index in [1.54, 1.807) is 4.98 Å². The van der Waals surface area contributed by atoms with Gasteiger partial charge in [0.05, 0.1) is 18.3 Å². The highest BCUT2D eigenvalue weighted by molar-refractivity contribution is 7.46. The summed E-state index contributed by atoms with van der Waals surface area (Å²) in [6.07, 6.45) is -6.45. The number of phosphoric ester groups is 1. The molecule has 7 unspecified atom stereocenters. The van der Waals surface area contributed by atoms with Crippen LogP contribution in [0.3, 0.4) is 0 Å². The summed E-state index contributed by atoms with van der Waals surface area (Å²) >= 11 is 0. The van der Waals surface area contributed by atoms with Crippen molar-refractivity contribution in [3.8, 4) is 0 Å². The topological polar surface area (TPSA) is 264 Å². The minimum atomic E-state index is -5.39. The van der Waals surface area contributed by atoms with Crippen LogP contribution in [0.2, 0.25) is 0 Å². The van der Waals surface area contributed by atoms with Crippen molar-refractivity contribution in [1.82, 2.24) is 19.1 Å². The summed E-state index contributed by atoms with van der Waals surface area (Å²) in [5.74, 6) is -1.34. The molecule has 4 rings (SSSR count). The summed E-state index contributed by atoms with van der Waals surface area (Å²) < 4.78 is 44.2. The van der Waals surface area contributed by atoms with Crippen molar-refractivity contribution in [3.63, 3.8) is 0 Å². The molecule has 20 heteroatoms. The molecule has 18 nitrogen and oxygen atoms in total. The number of hydrogen-bond acceptors (Lipinski definition) is 10. The number of aromatic nitrogens is 4. The van der Waals surface area contributed by atoms with Crippen molar-refractivity contribution in [2.75, 3.05) is 0 Å². The van der Waals surface area contributed by atoms with Crippen LogP contribution in [0.5, 0.6) is 0 Å². The van der Waals surface area contributed by atoms with Gasteiger partial charge in [-0.25, -0.2) is 14.2 Å². The molecule has 0 aliphatic carbocycles. The number of halogens is 1. The average molecular weight is 575 g/mol. The van der Waals surface area contributed by atoms with E-state index in [4.69, 9.17) is 19.5 Å². The van der Waals surface area contributed by atoms with Crippen LogP contribution in [0.4, 0.5) is 4.39 Å². The van der Waals surface area contributed by atoms with Gasteiger partial charge in [-0.05, 0) is 19.4 Å². The van der Waals surface area contributed by atoms with Crippen LogP contribution in [0, 0.1) is 12.7 Å². The van der Waals surface area contributed by atoms with E-state index >= 15 is 0 Å². The second-order valence-electron chi connectivity index (χ2n) is 9.22. The molecule has 7 atom stereocenters. The molecule has 0 saturated carbocycles. The number of aliphatic hydroxyl groups excluding tert-OH is 1. The van der Waals surface area contributed by atoms with Gasteiger partial charge in [0.1, 0.15) is 30.3 Å². The number of ether oxygens (including phenoxy) is 2. The van der Waals surface area contributed by atoms with E-state index in [0.717, 1.165) is 11.5 Å². The van der Waals surface area contributed by atoms with Gasteiger partial charge in [-0.1, -0.05) is 5.11 Å². The predicted molar refractivity (Wildman–Crippen MR) is 125 cm³/mol. The van der Waals surface area contributed by atoms with E-state index in [1.165, 1.54) is 13.1 Å². The summed E-state index contributed by atoms with van der Waals surface area (Å²) in [5, 5.41) is 14.5. The van der Waals surface area contributed by atoms with Crippen LogP contribution in [0.1, 0.15) is 37.8 Å². The van der Waals surface area contributed by atoms with Crippen LogP contribution >= 0.6 is 7.82 Å². The van der Waals surface area contributed by atoms with E-state index in [9.17, 15) is 43.0 Å². The number of aromatic amines is 2. The average Bonchev–Trinajstić information content (AvgIpc) is 3.42. The third kappa shape index (κ3) is 5.52. The van der Waals surface area contributed by atoms with Gasteiger partial charge in [-0.15, -0.1) is 0 Å². The number of aryl methyl sites for hydroxylation is 1. The van der Waals surface area contributed by atoms with Gasteiger partial charge < -0.3 is 24.4 Å². The Morgan fingerprint density at radius 3 is 2.28 bits per heavy atom. The number of H-pyrrole nitrogens is 2. The van der Waals surface area contributed by atoms with E-state index in [0.29, 0.717) is 10.8 Å². The fourth-order valence-electron chi connectivity index (χ4n) is 4.85. The molecule has 5 N–H and O–H groups in total. The summed E-state index contributed by atoms with van der Waals surface area (Å²) in [6.45, 7) is 2.50. The normalized spacial score (nSPS) is 28.7. The maximum Gasteiger partial charge on any atom is 0.470 e. The van der Waals surface area contributed by atoms with Crippen LogP contribution in [0.15, 0.2) is 36.7 Å². The maximum absolute atomic E-state index is 13.9. The number of hydrogen-bond donors (Lipinski definition) is 5. The molecule has 0 spiro atoms. The summed E-state index contributed by atoms with van der Waals surface area (Å²) in [5.41, 5.74) is 3.02. The van der Waals surface area contributed by atoms with Crippen LogP contribution < -0.4 is 22.5 Å². The van der Waals surface area contributed by atoms with Gasteiger partial charge >= 0.3 is 19.2 Å². The highest BCUT2D eigenvalue weighted by atomic mass is 31.2. The lowest BCUT2D eigenvalue weighted by molar-refractivity contribution is -0.187. The predicted octanol–water partition coefficient (Wildman–Crippen LogP) is -0.983. The monoisotopic (exact) mass is 575 g/mol. The quantitative estimate of drug-likeness (QED) is 0.116. The Hall–Kier alpha value is -3.41. The second kappa shape index (κ2) is 10.3. The summed E-state index contributed by atoms with van der Waals surface area (Å²) in [4.78, 5) is 73.8. The molecule has 2 aliphatic heterocycles. The van der Waals surface area contributed by atoms with Gasteiger partial charge in [-0.3, -0.25) is 33.2 Å². The molecular formula is C19H23FN7O11P. The van der Waals surface area contributed by atoms with E-state index < -0.39 is 85.0 Å². The lowest BCUT2D eigenvalue weighted by atomic mass is 9.85. The minimum Gasteiger partial charge on any atom is -0.390 e. The molecule has 2 saturated heterocycles. The molecule has 212 valence electrons. The van der Waals surface area contributed by atoms with Crippen molar-refractivity contribution < 1.29 is 37.8 Å². The third-order valence-electron chi connectivity index (χ3n) is 6.53. The molecule has 4 heterocycles. The lowest BCUT2D eigenvalue weighted by Crippen LogP contribution is -2.57. The van der Waals surface area contributed by atoms with Crippen molar-refractivity contribution in [3.05, 3.63) is 75.9 Å². The van der Waals surface area contributed by atoms with Crippen molar-refractivity contribution in [2.24, 2.45) is 5.11 Å². The fourth-order valence-corrected chi connectivity index (χ4v) is 5.57. The number of nitrogens with zero attached hydrogens (tertiary/aromatic N) is 5. The molecule has 2 aromatic rings. The number of nitrogens with one attached hydrogen (secondary N) is 2. The Morgan fingerprint density at radius 1 is 1.10 bits per heavy atom. The van der Waals surface area contributed by atoms with Crippen LogP contribution in [0.25, 0.3) is 10.4 Å². The summed E-state index contributed by atoms with van der Waals surface area (Å²) in [7, 11) is -5.39. The molecule has 2 fully saturated rings. The first kappa shape index (κ1) is 28.6. The van der Waals surface area contributed by atoms with Crippen molar-refractivity contribution in [1.29, 1.82) is 0 Å². The fraction of sp³-hybridized carbons (Fsp3) is 0.579. The van der Waals surface area contributed by atoms with Gasteiger partial charge in [-0.2, -0.15) is 4.39 Å². The first-order valence-corrected chi connectivity index (χ1v) is 12.8. The zero-order chi connectivity index (χ0) is 28.9. The van der Waals surface area contributed by atoms with Gasteiger partial charge in [0.2, 0.25) is 5.82 Å². The molecule has 2 aliphatic rings. The molecule has 0 radical (unpaired) electrons. The molecule has 39 heavy (non-hydrogen) atoms. The smallest absolute Gasteiger partial charge is 0.390 e. The molecule has 0 aromatic carbocycles. The minimum absolute atomic E-state index is 0.132. The van der Waals surface area contributed by atoms with E-state index in [2.05, 4.69) is 15.0 Å². The van der Waals surface area contributed by atoms with Crippen LogP contribution in [-0.2, 0) is 18.6 Å². The van der Waals surface area contributed by atoms with Crippen molar-refractivity contribution in [2.45, 2.75) is 69.1 Å². The Kier molecular flexibility index (Phi) is 7.54. The number of azide groups is 1. The van der Waals surface area contributed by atoms with E-state index in [1.807, 2.05) is 0 Å². The zero-order valence-electron chi connectivity index (χ0n) is 20.2. The molecule has 0 amide bonds. The molecular weight excluding hydrogens is 552 g/mol. The Morgan fingerprint density at radius 2 is 1.67 bits per heavy atom. The number of aliphatic hydroxyl groups is 1. The highest BCUT2D eigenvalue weighted by Gasteiger charge is 2.59. The lowest BCUT2D eigenvalue weighted by Gasteiger charge is -2.41. The van der Waals surface area contributed by atoms with Gasteiger partial charge in [0, 0.05) is 29.5 Å². The summed E-state index contributed by atoms with van der Waals surface area (Å²) in [6, 6.07) is -1.25. The first-order chi connectivity index (χ1) is 18.1. The Balaban J connectivity index is 1.76. The number of phosphoric acid groups is 1. The third-order valence-corrected chi connectivity index (χ3v) is 7.16.